The highest BCUT2D eigenvalue weighted by Gasteiger charge is 2.72. The van der Waals surface area contributed by atoms with Gasteiger partial charge in [-0.15, -0.1) is 0 Å². The summed E-state index contributed by atoms with van der Waals surface area (Å²) in [6.45, 7) is 20.2. The smallest absolute Gasteiger partial charge is 0.309 e. The van der Waals surface area contributed by atoms with Crippen molar-refractivity contribution in [2.75, 3.05) is 0 Å². The highest BCUT2D eigenvalue weighted by molar-refractivity contribution is 5.75. The monoisotopic (exact) mass is 498 g/mol. The lowest BCUT2D eigenvalue weighted by atomic mass is 9.31. The first-order chi connectivity index (χ1) is 16.6. The SMILES string of the molecule is C=C(C)[C@H]1CC[C@]2(C)[C@H]3CC[C@@H]4[C@@]5(C)C[C@H](OC(C)=O)C[C@@](C)(C(=O)O)[C@@H]5CC[C@@]4(C)[C@]3(C)CC[C@@H]12. The number of ether oxygens (including phenoxy) is 1. The Kier molecular flexibility index (Phi) is 5.91. The summed E-state index contributed by atoms with van der Waals surface area (Å²) in [5.74, 6) is 1.73. The number of hydrogen-bond donors (Lipinski definition) is 1. The van der Waals surface area contributed by atoms with Crippen molar-refractivity contribution in [1.29, 1.82) is 0 Å². The van der Waals surface area contributed by atoms with Crippen LogP contribution in [0.2, 0.25) is 0 Å². The van der Waals surface area contributed by atoms with E-state index < -0.39 is 11.4 Å². The van der Waals surface area contributed by atoms with Crippen LogP contribution < -0.4 is 0 Å². The number of carbonyl (C=O) groups is 2. The quantitative estimate of drug-likeness (QED) is 0.320. The molecule has 5 aliphatic rings. The number of aliphatic carboxylic acids is 1. The zero-order valence-electron chi connectivity index (χ0n) is 23.9. The first-order valence-electron chi connectivity index (χ1n) is 14.7. The van der Waals surface area contributed by atoms with Gasteiger partial charge in [-0.25, -0.2) is 0 Å². The van der Waals surface area contributed by atoms with E-state index in [1.807, 2.05) is 6.92 Å². The number of carboxylic acids is 1. The maximum absolute atomic E-state index is 12.7. The fraction of sp³-hybridized carbons (Fsp3) is 0.875. The minimum atomic E-state index is -0.851. The maximum Gasteiger partial charge on any atom is 0.309 e. The molecule has 0 aromatic rings. The minimum Gasteiger partial charge on any atom is -0.481 e. The number of hydrogen-bond acceptors (Lipinski definition) is 3. The summed E-state index contributed by atoms with van der Waals surface area (Å²) < 4.78 is 5.79. The summed E-state index contributed by atoms with van der Waals surface area (Å²) in [4.78, 5) is 24.7. The van der Waals surface area contributed by atoms with Gasteiger partial charge in [0, 0.05) is 13.3 Å². The summed E-state index contributed by atoms with van der Waals surface area (Å²) in [6, 6.07) is 0. The lowest BCUT2D eigenvalue weighted by Crippen LogP contribution is -2.67. The van der Waals surface area contributed by atoms with E-state index >= 15 is 0 Å². The summed E-state index contributed by atoms with van der Waals surface area (Å²) in [7, 11) is 0. The molecule has 0 spiro atoms. The van der Waals surface area contributed by atoms with Crippen molar-refractivity contribution in [3.8, 4) is 0 Å². The highest BCUT2D eigenvalue weighted by atomic mass is 16.5. The van der Waals surface area contributed by atoms with Crippen LogP contribution in [0.15, 0.2) is 12.2 Å². The van der Waals surface area contributed by atoms with Gasteiger partial charge in [0.15, 0.2) is 0 Å². The third-order valence-corrected chi connectivity index (χ3v) is 13.8. The summed E-state index contributed by atoms with van der Waals surface area (Å²) in [6.07, 6.45) is 10.6. The van der Waals surface area contributed by atoms with E-state index in [1.54, 1.807) is 0 Å². The molecule has 0 unspecified atom stereocenters. The number of carboxylic acid groups (broad SMARTS) is 1. The largest absolute Gasteiger partial charge is 0.481 e. The molecule has 0 amide bonds. The van der Waals surface area contributed by atoms with Crippen LogP contribution in [0.3, 0.4) is 0 Å². The fourth-order valence-electron chi connectivity index (χ4n) is 12.2. The van der Waals surface area contributed by atoms with Crippen LogP contribution in [0.1, 0.15) is 113 Å². The van der Waals surface area contributed by atoms with E-state index in [0.29, 0.717) is 29.6 Å². The molecule has 5 rings (SSSR count). The molecule has 5 saturated carbocycles. The molecule has 1 N–H and O–H groups in total. The van der Waals surface area contributed by atoms with Crippen LogP contribution in [0.5, 0.6) is 0 Å². The van der Waals surface area contributed by atoms with Crippen molar-refractivity contribution in [3.63, 3.8) is 0 Å². The molecule has 5 aliphatic carbocycles. The molecule has 0 saturated heterocycles. The predicted molar refractivity (Wildman–Crippen MR) is 142 cm³/mol. The zero-order valence-corrected chi connectivity index (χ0v) is 23.9. The van der Waals surface area contributed by atoms with Crippen molar-refractivity contribution in [3.05, 3.63) is 12.2 Å². The third kappa shape index (κ3) is 3.24. The molecule has 0 bridgehead atoms. The lowest BCUT2D eigenvalue weighted by Gasteiger charge is -2.73. The second-order valence-electron chi connectivity index (χ2n) is 15.1. The first-order valence-corrected chi connectivity index (χ1v) is 14.7. The van der Waals surface area contributed by atoms with Crippen molar-refractivity contribution in [2.45, 2.75) is 119 Å². The van der Waals surface area contributed by atoms with Gasteiger partial charge in [-0.2, -0.15) is 0 Å². The average molecular weight is 499 g/mol. The van der Waals surface area contributed by atoms with E-state index in [1.165, 1.54) is 51.0 Å². The second kappa shape index (κ2) is 8.09. The Morgan fingerprint density at radius 2 is 1.36 bits per heavy atom. The van der Waals surface area contributed by atoms with Gasteiger partial charge in [-0.3, -0.25) is 9.59 Å². The van der Waals surface area contributed by atoms with Gasteiger partial charge in [0.25, 0.3) is 0 Å². The van der Waals surface area contributed by atoms with Gasteiger partial charge in [0.05, 0.1) is 5.41 Å². The van der Waals surface area contributed by atoms with Gasteiger partial charge in [0.1, 0.15) is 6.10 Å². The summed E-state index contributed by atoms with van der Waals surface area (Å²) in [5, 5.41) is 10.5. The van der Waals surface area contributed by atoms with E-state index in [4.69, 9.17) is 4.74 Å². The van der Waals surface area contributed by atoms with Crippen molar-refractivity contribution in [1.82, 2.24) is 0 Å². The van der Waals surface area contributed by atoms with Crippen molar-refractivity contribution < 1.29 is 19.4 Å². The Hall–Kier alpha value is -1.32. The molecule has 0 radical (unpaired) electrons. The van der Waals surface area contributed by atoms with Crippen molar-refractivity contribution >= 4 is 11.9 Å². The van der Waals surface area contributed by atoms with Crippen LogP contribution in [0, 0.1) is 56.7 Å². The number of allylic oxidation sites excluding steroid dienone is 1. The van der Waals surface area contributed by atoms with Gasteiger partial charge in [0.2, 0.25) is 0 Å². The van der Waals surface area contributed by atoms with Gasteiger partial charge in [-0.05, 0) is 123 Å². The van der Waals surface area contributed by atoms with Crippen LogP contribution in [-0.4, -0.2) is 23.1 Å². The first kappa shape index (κ1) is 26.3. The Bertz CT molecular complexity index is 971. The molecule has 0 heterocycles. The van der Waals surface area contributed by atoms with Crippen LogP contribution in [0.25, 0.3) is 0 Å². The molecule has 11 atom stereocenters. The fourth-order valence-corrected chi connectivity index (χ4v) is 12.2. The number of fused-ring (bicyclic) bond motifs is 7. The number of carbonyl (C=O) groups excluding carboxylic acids is 1. The number of esters is 1. The van der Waals surface area contributed by atoms with E-state index in [2.05, 4.69) is 41.2 Å². The molecule has 4 heteroatoms. The Morgan fingerprint density at radius 1 is 0.778 bits per heavy atom. The molecule has 0 aromatic heterocycles. The molecular formula is C32H50O4. The number of rotatable bonds is 3. The standard InChI is InChI=1S/C32H50O4/c1-19(2)22-11-14-28(4)23(22)12-15-31(7)25(28)9-10-26-29(5)17-21(36-20(3)33)18-30(6,27(34)35)24(29)13-16-32(26,31)8/h21-26H,1,9-18H2,2-8H3,(H,34,35)/t21-,22+,23-,24+,25+,26+,28-,29-,30+,31+,32+/m0/s1. The van der Waals surface area contributed by atoms with Gasteiger partial charge >= 0.3 is 11.9 Å². The highest BCUT2D eigenvalue weighted by Crippen LogP contribution is 2.78. The molecule has 0 aliphatic heterocycles. The molecule has 5 fully saturated rings. The van der Waals surface area contributed by atoms with Crippen molar-refractivity contribution in [2.24, 2.45) is 56.7 Å². The second-order valence-corrected chi connectivity index (χ2v) is 15.1. The average Bonchev–Trinajstić information content (AvgIpc) is 3.10. The Balaban J connectivity index is 1.54. The topological polar surface area (TPSA) is 63.6 Å². The Morgan fingerprint density at radius 3 is 1.92 bits per heavy atom. The molecule has 0 aromatic carbocycles. The third-order valence-electron chi connectivity index (χ3n) is 13.8. The molecular weight excluding hydrogens is 448 g/mol. The van der Waals surface area contributed by atoms with Gasteiger partial charge in [-0.1, -0.05) is 39.8 Å². The normalized spacial score (nSPS) is 53.9. The van der Waals surface area contributed by atoms with E-state index in [0.717, 1.165) is 25.2 Å². The van der Waals surface area contributed by atoms with E-state index in [-0.39, 0.29) is 34.2 Å². The van der Waals surface area contributed by atoms with E-state index in [9.17, 15) is 14.7 Å². The maximum atomic E-state index is 12.7. The summed E-state index contributed by atoms with van der Waals surface area (Å²) in [5.41, 5.74) is 1.20. The summed E-state index contributed by atoms with van der Waals surface area (Å²) >= 11 is 0. The Labute approximate surface area is 219 Å². The van der Waals surface area contributed by atoms with Crippen LogP contribution in [-0.2, 0) is 14.3 Å². The van der Waals surface area contributed by atoms with Gasteiger partial charge < -0.3 is 9.84 Å². The zero-order chi connectivity index (χ0) is 26.5. The molecule has 36 heavy (non-hydrogen) atoms. The van der Waals surface area contributed by atoms with Crippen LogP contribution in [0.4, 0.5) is 0 Å². The molecule has 4 nitrogen and oxygen atoms in total. The minimum absolute atomic E-state index is 0.124. The van der Waals surface area contributed by atoms with Crippen LogP contribution >= 0.6 is 0 Å². The predicted octanol–water partition coefficient (Wildman–Crippen LogP) is 7.66. The lowest BCUT2D eigenvalue weighted by molar-refractivity contribution is -0.252. The molecule has 202 valence electrons.